The lowest BCUT2D eigenvalue weighted by molar-refractivity contribution is -0.126. The maximum Gasteiger partial charge on any atom is 0.257 e. The quantitative estimate of drug-likeness (QED) is 0.919. The van der Waals surface area contributed by atoms with Gasteiger partial charge < -0.3 is 14.6 Å². The van der Waals surface area contributed by atoms with Crippen LogP contribution in [0.1, 0.15) is 35.2 Å². The van der Waals surface area contributed by atoms with E-state index in [0.29, 0.717) is 25.1 Å². The largest absolute Gasteiger partial charge is 0.472 e. The van der Waals surface area contributed by atoms with Gasteiger partial charge in [-0.2, -0.15) is 0 Å². The van der Waals surface area contributed by atoms with Crippen LogP contribution >= 0.6 is 0 Å². The zero-order chi connectivity index (χ0) is 16.8. The molecule has 24 heavy (non-hydrogen) atoms. The van der Waals surface area contributed by atoms with Crippen molar-refractivity contribution in [2.24, 2.45) is 0 Å². The van der Waals surface area contributed by atoms with E-state index in [0.717, 1.165) is 19.3 Å². The van der Waals surface area contributed by atoms with E-state index in [9.17, 15) is 9.59 Å². The van der Waals surface area contributed by atoms with Gasteiger partial charge in [0.2, 0.25) is 5.91 Å². The van der Waals surface area contributed by atoms with Crippen LogP contribution in [0.4, 0.5) is 0 Å². The number of piperidine rings is 1. The average Bonchev–Trinajstić information content (AvgIpc) is 3.16. The Kier molecular flexibility index (Phi) is 5.31. The average molecular weight is 326 g/mol. The molecule has 1 atom stereocenters. The molecule has 1 aliphatic heterocycles. The minimum absolute atomic E-state index is 0.0672. The highest BCUT2D eigenvalue weighted by Gasteiger charge is 2.32. The van der Waals surface area contributed by atoms with E-state index in [1.165, 1.54) is 18.1 Å². The van der Waals surface area contributed by atoms with Gasteiger partial charge in [0, 0.05) is 13.1 Å². The molecule has 1 unspecified atom stereocenters. The molecule has 0 bridgehead atoms. The molecule has 5 heteroatoms. The number of carbonyl (C=O) groups excluding carboxylic acids is 2. The molecule has 0 aliphatic carbocycles. The number of rotatable bonds is 5. The third kappa shape index (κ3) is 3.85. The van der Waals surface area contributed by atoms with Crippen molar-refractivity contribution in [3.05, 3.63) is 60.1 Å². The van der Waals surface area contributed by atoms with E-state index in [4.69, 9.17) is 4.42 Å². The van der Waals surface area contributed by atoms with E-state index in [1.807, 2.05) is 30.3 Å². The maximum absolute atomic E-state index is 12.6. The molecular weight excluding hydrogens is 304 g/mol. The first-order valence-corrected chi connectivity index (χ1v) is 8.40. The number of furan rings is 1. The van der Waals surface area contributed by atoms with Gasteiger partial charge in [0.15, 0.2) is 0 Å². The Labute approximate surface area is 141 Å². The van der Waals surface area contributed by atoms with Crippen molar-refractivity contribution in [3.8, 4) is 0 Å². The van der Waals surface area contributed by atoms with E-state index < -0.39 is 6.04 Å². The second kappa shape index (κ2) is 7.81. The summed E-state index contributed by atoms with van der Waals surface area (Å²) in [5.74, 6) is -0.200. The predicted molar refractivity (Wildman–Crippen MR) is 90.5 cm³/mol. The predicted octanol–water partition coefficient (Wildman–Crippen LogP) is 2.63. The molecule has 1 N–H and O–H groups in total. The maximum atomic E-state index is 12.6. The number of amides is 2. The zero-order valence-electron chi connectivity index (χ0n) is 13.6. The summed E-state index contributed by atoms with van der Waals surface area (Å²) in [5.41, 5.74) is 1.69. The summed E-state index contributed by atoms with van der Waals surface area (Å²) in [6.45, 7) is 1.19. The number of benzene rings is 1. The van der Waals surface area contributed by atoms with Crippen LogP contribution in [0.3, 0.4) is 0 Å². The Hall–Kier alpha value is -2.56. The van der Waals surface area contributed by atoms with Crippen molar-refractivity contribution in [3.63, 3.8) is 0 Å². The highest BCUT2D eigenvalue weighted by molar-refractivity contribution is 5.97. The summed E-state index contributed by atoms with van der Waals surface area (Å²) < 4.78 is 4.99. The second-order valence-corrected chi connectivity index (χ2v) is 6.05. The van der Waals surface area contributed by atoms with Gasteiger partial charge in [-0.3, -0.25) is 9.59 Å². The first kappa shape index (κ1) is 16.3. The van der Waals surface area contributed by atoms with E-state index >= 15 is 0 Å². The molecule has 1 aliphatic rings. The van der Waals surface area contributed by atoms with Gasteiger partial charge in [0.05, 0.1) is 11.8 Å². The Morgan fingerprint density at radius 2 is 2.00 bits per heavy atom. The van der Waals surface area contributed by atoms with Crippen LogP contribution in [-0.4, -0.2) is 35.8 Å². The zero-order valence-corrected chi connectivity index (χ0v) is 13.6. The molecule has 1 saturated heterocycles. The first-order chi connectivity index (χ1) is 11.8. The van der Waals surface area contributed by atoms with Gasteiger partial charge in [-0.05, 0) is 37.3 Å². The smallest absolute Gasteiger partial charge is 0.257 e. The van der Waals surface area contributed by atoms with Gasteiger partial charge in [0.25, 0.3) is 5.91 Å². The Balaban J connectivity index is 1.58. The summed E-state index contributed by atoms with van der Waals surface area (Å²) in [5, 5.41) is 2.97. The van der Waals surface area contributed by atoms with E-state index in [1.54, 1.807) is 11.0 Å². The van der Waals surface area contributed by atoms with Crippen LogP contribution in [0.2, 0.25) is 0 Å². The third-order valence-electron chi connectivity index (χ3n) is 4.39. The van der Waals surface area contributed by atoms with Crippen molar-refractivity contribution in [2.45, 2.75) is 31.7 Å². The van der Waals surface area contributed by atoms with Crippen LogP contribution in [-0.2, 0) is 11.2 Å². The number of nitrogens with one attached hydrogen (secondary N) is 1. The molecule has 3 rings (SSSR count). The Morgan fingerprint density at radius 1 is 1.17 bits per heavy atom. The summed E-state index contributed by atoms with van der Waals surface area (Å²) in [6.07, 6.45) is 6.30. The highest BCUT2D eigenvalue weighted by atomic mass is 16.3. The molecule has 0 radical (unpaired) electrons. The summed E-state index contributed by atoms with van der Waals surface area (Å²) in [4.78, 5) is 26.8. The number of carbonyl (C=O) groups is 2. The summed E-state index contributed by atoms with van der Waals surface area (Å²) >= 11 is 0. The van der Waals surface area contributed by atoms with Gasteiger partial charge in [0.1, 0.15) is 12.3 Å². The highest BCUT2D eigenvalue weighted by Crippen LogP contribution is 2.20. The van der Waals surface area contributed by atoms with Crippen LogP contribution in [0, 0.1) is 0 Å². The molecule has 126 valence electrons. The molecule has 1 fully saturated rings. The van der Waals surface area contributed by atoms with Crippen molar-refractivity contribution in [1.29, 1.82) is 0 Å². The van der Waals surface area contributed by atoms with Crippen molar-refractivity contribution >= 4 is 11.8 Å². The third-order valence-corrected chi connectivity index (χ3v) is 4.39. The lowest BCUT2D eigenvalue weighted by atomic mass is 10.0. The van der Waals surface area contributed by atoms with E-state index in [-0.39, 0.29) is 11.8 Å². The number of hydrogen-bond acceptors (Lipinski definition) is 3. The Morgan fingerprint density at radius 3 is 2.75 bits per heavy atom. The monoisotopic (exact) mass is 326 g/mol. The summed E-state index contributed by atoms with van der Waals surface area (Å²) in [7, 11) is 0. The minimum atomic E-state index is -0.392. The second-order valence-electron chi connectivity index (χ2n) is 6.05. The van der Waals surface area contributed by atoms with Gasteiger partial charge in [-0.1, -0.05) is 30.3 Å². The lowest BCUT2D eigenvalue weighted by Crippen LogP contribution is -2.52. The SMILES string of the molecule is O=C(NCCc1ccccc1)C1CCCCN1C(=O)c1ccoc1. The fourth-order valence-electron chi connectivity index (χ4n) is 3.09. The van der Waals surface area contributed by atoms with Crippen molar-refractivity contribution in [1.82, 2.24) is 10.2 Å². The molecule has 2 amide bonds. The normalized spacial score (nSPS) is 17.5. The standard InChI is InChI=1S/C19H22N2O3/c22-18(20-11-9-15-6-2-1-3-7-15)17-8-4-5-12-21(17)19(23)16-10-13-24-14-16/h1-3,6-7,10,13-14,17H,4-5,8-9,11-12H2,(H,20,22). The van der Waals surface area contributed by atoms with Crippen LogP contribution < -0.4 is 5.32 Å². The molecule has 2 heterocycles. The van der Waals surface area contributed by atoms with Crippen molar-refractivity contribution < 1.29 is 14.0 Å². The van der Waals surface area contributed by atoms with E-state index in [2.05, 4.69) is 5.32 Å². The number of hydrogen-bond donors (Lipinski definition) is 1. The summed E-state index contributed by atoms with van der Waals surface area (Å²) in [6, 6.07) is 11.3. The Bertz CT molecular complexity index is 667. The number of nitrogens with zero attached hydrogens (tertiary/aromatic N) is 1. The molecule has 2 aromatic rings. The molecule has 0 spiro atoms. The van der Waals surface area contributed by atoms with Gasteiger partial charge in [-0.25, -0.2) is 0 Å². The topological polar surface area (TPSA) is 62.6 Å². The van der Waals surface area contributed by atoms with Crippen LogP contribution in [0.25, 0.3) is 0 Å². The fraction of sp³-hybridized carbons (Fsp3) is 0.368. The molecular formula is C19H22N2O3. The fourth-order valence-corrected chi connectivity index (χ4v) is 3.09. The van der Waals surface area contributed by atoms with Gasteiger partial charge in [-0.15, -0.1) is 0 Å². The minimum Gasteiger partial charge on any atom is -0.472 e. The van der Waals surface area contributed by atoms with Crippen molar-refractivity contribution in [2.75, 3.05) is 13.1 Å². The molecule has 0 saturated carbocycles. The first-order valence-electron chi connectivity index (χ1n) is 8.40. The van der Waals surface area contributed by atoms with Crippen LogP contribution in [0.15, 0.2) is 53.3 Å². The van der Waals surface area contributed by atoms with Crippen LogP contribution in [0.5, 0.6) is 0 Å². The van der Waals surface area contributed by atoms with Gasteiger partial charge >= 0.3 is 0 Å². The number of likely N-dealkylation sites (tertiary alicyclic amines) is 1. The molecule has 1 aromatic heterocycles. The molecule has 1 aromatic carbocycles. The molecule has 5 nitrogen and oxygen atoms in total. The lowest BCUT2D eigenvalue weighted by Gasteiger charge is -2.34.